The summed E-state index contributed by atoms with van der Waals surface area (Å²) < 4.78 is 5.19. The minimum Gasteiger partial charge on any atom is -0.496 e. The van der Waals surface area contributed by atoms with E-state index in [1.165, 1.54) is 0 Å². The molecule has 0 saturated carbocycles. The number of rotatable bonds is 3. The molecular formula is C10H12Cl2O. The van der Waals surface area contributed by atoms with Gasteiger partial charge in [-0.3, -0.25) is 0 Å². The Labute approximate surface area is 88.6 Å². The first-order valence-electron chi connectivity index (χ1n) is 4.21. The van der Waals surface area contributed by atoms with E-state index < -0.39 is 0 Å². The molecule has 13 heavy (non-hydrogen) atoms. The molecule has 0 fully saturated rings. The topological polar surface area (TPSA) is 9.23 Å². The normalized spacial score (nSPS) is 10.2. The molecule has 1 aromatic rings. The Hall–Kier alpha value is -0.400. The molecule has 1 aromatic carbocycles. The largest absolute Gasteiger partial charge is 0.496 e. The average molecular weight is 219 g/mol. The molecule has 0 unspecified atom stereocenters. The van der Waals surface area contributed by atoms with Crippen LogP contribution in [0.2, 0.25) is 10.0 Å². The second-order valence-electron chi connectivity index (χ2n) is 2.82. The second-order valence-corrected chi connectivity index (χ2v) is 3.66. The number of methoxy groups -OCH3 is 1. The molecule has 0 spiro atoms. The summed E-state index contributed by atoms with van der Waals surface area (Å²) >= 11 is 11.9. The fourth-order valence-electron chi connectivity index (χ4n) is 1.25. The molecule has 0 radical (unpaired) electrons. The third-order valence-electron chi connectivity index (χ3n) is 1.84. The molecule has 0 aliphatic carbocycles. The predicted molar refractivity (Wildman–Crippen MR) is 57.0 cm³/mol. The van der Waals surface area contributed by atoms with Crippen molar-refractivity contribution in [2.45, 2.75) is 19.8 Å². The van der Waals surface area contributed by atoms with Crippen LogP contribution < -0.4 is 4.74 Å². The van der Waals surface area contributed by atoms with E-state index in [1.54, 1.807) is 19.2 Å². The Morgan fingerprint density at radius 1 is 1.31 bits per heavy atom. The molecule has 0 aromatic heterocycles. The second kappa shape index (κ2) is 4.73. The van der Waals surface area contributed by atoms with Gasteiger partial charge in [-0.05, 0) is 18.6 Å². The maximum atomic E-state index is 6.03. The van der Waals surface area contributed by atoms with Crippen LogP contribution in [0.15, 0.2) is 12.1 Å². The monoisotopic (exact) mass is 218 g/mol. The number of ether oxygens (including phenoxy) is 1. The van der Waals surface area contributed by atoms with Crippen LogP contribution in [0, 0.1) is 0 Å². The Bertz CT molecular complexity index is 297. The Kier molecular flexibility index (Phi) is 3.89. The van der Waals surface area contributed by atoms with Gasteiger partial charge in [0.15, 0.2) is 0 Å². The highest BCUT2D eigenvalue weighted by Crippen LogP contribution is 2.31. The molecule has 0 atom stereocenters. The smallest absolute Gasteiger partial charge is 0.125 e. The van der Waals surface area contributed by atoms with Gasteiger partial charge in [-0.1, -0.05) is 36.5 Å². The molecule has 0 heterocycles. The van der Waals surface area contributed by atoms with Gasteiger partial charge in [-0.25, -0.2) is 0 Å². The molecule has 72 valence electrons. The van der Waals surface area contributed by atoms with Crippen molar-refractivity contribution in [2.24, 2.45) is 0 Å². The Morgan fingerprint density at radius 2 is 2.00 bits per heavy atom. The van der Waals surface area contributed by atoms with Crippen LogP contribution in [0.5, 0.6) is 5.75 Å². The van der Waals surface area contributed by atoms with Crippen molar-refractivity contribution in [3.8, 4) is 5.75 Å². The summed E-state index contributed by atoms with van der Waals surface area (Å²) in [6.45, 7) is 2.10. The predicted octanol–water partition coefficient (Wildman–Crippen LogP) is 3.95. The van der Waals surface area contributed by atoms with Gasteiger partial charge >= 0.3 is 0 Å². The van der Waals surface area contributed by atoms with Gasteiger partial charge in [0, 0.05) is 15.6 Å². The van der Waals surface area contributed by atoms with Crippen molar-refractivity contribution in [3.05, 3.63) is 27.7 Å². The fraction of sp³-hybridized carbons (Fsp3) is 0.400. The van der Waals surface area contributed by atoms with E-state index >= 15 is 0 Å². The zero-order valence-corrected chi connectivity index (χ0v) is 9.24. The van der Waals surface area contributed by atoms with Crippen LogP contribution in [0.25, 0.3) is 0 Å². The first kappa shape index (κ1) is 10.7. The van der Waals surface area contributed by atoms with Crippen molar-refractivity contribution in [1.82, 2.24) is 0 Å². The van der Waals surface area contributed by atoms with E-state index in [4.69, 9.17) is 27.9 Å². The first-order valence-corrected chi connectivity index (χ1v) is 4.96. The quantitative estimate of drug-likeness (QED) is 0.747. The number of hydrogen-bond acceptors (Lipinski definition) is 1. The van der Waals surface area contributed by atoms with Gasteiger partial charge in [-0.2, -0.15) is 0 Å². The van der Waals surface area contributed by atoms with Crippen molar-refractivity contribution < 1.29 is 4.74 Å². The highest BCUT2D eigenvalue weighted by Gasteiger charge is 2.08. The van der Waals surface area contributed by atoms with E-state index in [0.29, 0.717) is 10.0 Å². The third-order valence-corrected chi connectivity index (χ3v) is 2.39. The van der Waals surface area contributed by atoms with Gasteiger partial charge < -0.3 is 4.74 Å². The van der Waals surface area contributed by atoms with Crippen molar-refractivity contribution in [2.75, 3.05) is 7.11 Å². The molecule has 1 nitrogen and oxygen atoms in total. The highest BCUT2D eigenvalue weighted by molar-refractivity contribution is 6.35. The van der Waals surface area contributed by atoms with Gasteiger partial charge in [0.25, 0.3) is 0 Å². The minimum absolute atomic E-state index is 0.613. The van der Waals surface area contributed by atoms with Crippen LogP contribution in [0.3, 0.4) is 0 Å². The van der Waals surface area contributed by atoms with Gasteiger partial charge in [-0.15, -0.1) is 0 Å². The van der Waals surface area contributed by atoms with Crippen molar-refractivity contribution in [3.63, 3.8) is 0 Å². The lowest BCUT2D eigenvalue weighted by molar-refractivity contribution is 0.409. The van der Waals surface area contributed by atoms with E-state index in [2.05, 4.69) is 6.92 Å². The standard InChI is InChI=1S/C10H12Cl2O/c1-3-4-8-9(12)5-7(11)6-10(8)13-2/h5-6H,3-4H2,1-2H3. The maximum absolute atomic E-state index is 6.03. The molecule has 0 aliphatic rings. The van der Waals surface area contributed by atoms with E-state index in [9.17, 15) is 0 Å². The first-order chi connectivity index (χ1) is 6.19. The Morgan fingerprint density at radius 3 is 2.54 bits per heavy atom. The van der Waals surface area contributed by atoms with E-state index in [0.717, 1.165) is 24.2 Å². The summed E-state index contributed by atoms with van der Waals surface area (Å²) in [5.41, 5.74) is 1.04. The van der Waals surface area contributed by atoms with Crippen molar-refractivity contribution in [1.29, 1.82) is 0 Å². The molecule has 3 heteroatoms. The minimum atomic E-state index is 0.613. The summed E-state index contributed by atoms with van der Waals surface area (Å²) in [5.74, 6) is 0.777. The van der Waals surface area contributed by atoms with E-state index in [-0.39, 0.29) is 0 Å². The molecule has 0 N–H and O–H groups in total. The Balaban J connectivity index is 3.13. The third kappa shape index (κ3) is 2.52. The number of hydrogen-bond donors (Lipinski definition) is 0. The van der Waals surface area contributed by atoms with Crippen LogP contribution >= 0.6 is 23.2 Å². The average Bonchev–Trinajstić information content (AvgIpc) is 2.09. The number of benzene rings is 1. The van der Waals surface area contributed by atoms with Gasteiger partial charge in [0.2, 0.25) is 0 Å². The van der Waals surface area contributed by atoms with Gasteiger partial charge in [0.1, 0.15) is 5.75 Å². The lowest BCUT2D eigenvalue weighted by Gasteiger charge is -2.09. The molecule has 0 amide bonds. The van der Waals surface area contributed by atoms with Crippen LogP contribution in [-0.2, 0) is 6.42 Å². The van der Waals surface area contributed by atoms with Crippen LogP contribution in [0.1, 0.15) is 18.9 Å². The summed E-state index contributed by atoms with van der Waals surface area (Å²) in [7, 11) is 1.63. The van der Waals surface area contributed by atoms with Crippen molar-refractivity contribution >= 4 is 23.2 Å². The maximum Gasteiger partial charge on any atom is 0.125 e. The molecule has 0 aliphatic heterocycles. The van der Waals surface area contributed by atoms with E-state index in [1.807, 2.05) is 0 Å². The SMILES string of the molecule is CCCc1c(Cl)cc(Cl)cc1OC. The highest BCUT2D eigenvalue weighted by atomic mass is 35.5. The summed E-state index contributed by atoms with van der Waals surface area (Å²) in [4.78, 5) is 0. The zero-order valence-electron chi connectivity index (χ0n) is 7.73. The summed E-state index contributed by atoms with van der Waals surface area (Å²) in [5, 5.41) is 1.30. The fourth-order valence-corrected chi connectivity index (χ4v) is 1.82. The summed E-state index contributed by atoms with van der Waals surface area (Å²) in [6.07, 6.45) is 1.96. The number of halogens is 2. The molecule has 1 rings (SSSR count). The van der Waals surface area contributed by atoms with Crippen LogP contribution in [0.4, 0.5) is 0 Å². The van der Waals surface area contributed by atoms with Gasteiger partial charge in [0.05, 0.1) is 7.11 Å². The lowest BCUT2D eigenvalue weighted by Crippen LogP contribution is -1.92. The molecule has 0 saturated heterocycles. The zero-order chi connectivity index (χ0) is 9.84. The van der Waals surface area contributed by atoms with Crippen LogP contribution in [-0.4, -0.2) is 7.11 Å². The lowest BCUT2D eigenvalue weighted by atomic mass is 10.1. The molecule has 0 bridgehead atoms. The molecular weight excluding hydrogens is 207 g/mol. The summed E-state index contributed by atoms with van der Waals surface area (Å²) in [6, 6.07) is 3.54.